The highest BCUT2D eigenvalue weighted by atomic mass is 16.5. The molecule has 2 aromatic carbocycles. The van der Waals surface area contributed by atoms with Crippen LogP contribution in [0.1, 0.15) is 5.56 Å². The van der Waals surface area contributed by atoms with E-state index in [4.69, 9.17) is 5.41 Å². The van der Waals surface area contributed by atoms with Crippen LogP contribution in [0.3, 0.4) is 0 Å². The van der Waals surface area contributed by atoms with Gasteiger partial charge in [0, 0.05) is 0 Å². The minimum Gasteiger partial charge on any atom is -0.452 e. The Morgan fingerprint density at radius 3 is 2.05 bits per heavy atom. The number of para-hydroxylation sites is 1. The van der Waals surface area contributed by atoms with Crippen LogP contribution in [0.15, 0.2) is 60.7 Å². The van der Waals surface area contributed by atoms with Gasteiger partial charge in [-0.3, -0.25) is 10.2 Å². The Labute approximate surface area is 128 Å². The summed E-state index contributed by atoms with van der Waals surface area (Å²) in [5, 5.41) is 7.40. The van der Waals surface area contributed by atoms with Gasteiger partial charge in [0.15, 0.2) is 0 Å². The lowest BCUT2D eigenvalue weighted by Gasteiger charge is -2.19. The number of carbonyl (C=O) groups is 2. The Kier molecular flexibility index (Phi) is 4.85. The number of hydrogen-bond acceptors (Lipinski definition) is 4. The molecule has 1 N–H and O–H groups in total. The van der Waals surface area contributed by atoms with Crippen molar-refractivity contribution >= 4 is 29.1 Å². The fraction of sp³-hybridized carbons (Fsp3) is 0.0588. The van der Waals surface area contributed by atoms with Gasteiger partial charge in [0.25, 0.3) is 5.91 Å². The summed E-state index contributed by atoms with van der Waals surface area (Å²) < 4.78 is 4.68. The van der Waals surface area contributed by atoms with E-state index < -0.39 is 12.0 Å². The number of rotatable bonds is 3. The lowest BCUT2D eigenvalue weighted by atomic mass is 10.1. The second-order valence-corrected chi connectivity index (χ2v) is 4.31. The molecule has 2 aromatic rings. The van der Waals surface area contributed by atoms with Gasteiger partial charge < -0.3 is 4.74 Å². The maximum Gasteiger partial charge on any atom is 0.421 e. The Morgan fingerprint density at radius 1 is 1.00 bits per heavy atom. The number of anilines is 1. The summed E-state index contributed by atoms with van der Waals surface area (Å²) in [4.78, 5) is 25.5. The van der Waals surface area contributed by atoms with Gasteiger partial charge in [-0.1, -0.05) is 48.5 Å². The number of nitrogens with one attached hydrogen (secondary N) is 1. The standard InChI is InChI=1S/C17H14N2O3/c1-22-17(21)19(14-10-6-3-7-11-14)16(20)15(12-18)13-8-4-2-5-9-13/h2-11,18H,1H3. The minimum atomic E-state index is -0.820. The summed E-state index contributed by atoms with van der Waals surface area (Å²) in [6.07, 6.45) is -0.820. The number of hydrogen-bond donors (Lipinski definition) is 1. The third kappa shape index (κ3) is 3.11. The summed E-state index contributed by atoms with van der Waals surface area (Å²) in [7, 11) is 1.20. The highest BCUT2D eigenvalue weighted by Gasteiger charge is 2.28. The number of benzene rings is 2. The van der Waals surface area contributed by atoms with Crippen molar-refractivity contribution in [2.24, 2.45) is 0 Å². The molecule has 0 saturated heterocycles. The molecule has 5 nitrogen and oxygen atoms in total. The normalized spacial score (nSPS) is 9.50. The van der Waals surface area contributed by atoms with Gasteiger partial charge in [-0.05, 0) is 23.6 Å². The summed E-state index contributed by atoms with van der Waals surface area (Å²) >= 11 is 0. The second kappa shape index (κ2) is 7.02. The molecule has 0 saturated carbocycles. The van der Waals surface area contributed by atoms with Crippen molar-refractivity contribution in [1.82, 2.24) is 0 Å². The maximum absolute atomic E-state index is 12.7. The smallest absolute Gasteiger partial charge is 0.421 e. The zero-order valence-corrected chi connectivity index (χ0v) is 11.9. The average molecular weight is 294 g/mol. The van der Waals surface area contributed by atoms with Crippen molar-refractivity contribution < 1.29 is 14.3 Å². The van der Waals surface area contributed by atoms with E-state index in [0.29, 0.717) is 11.3 Å². The molecule has 2 rings (SSSR count). The molecular formula is C17H14N2O3. The first-order valence-corrected chi connectivity index (χ1v) is 6.51. The fourth-order valence-corrected chi connectivity index (χ4v) is 1.94. The Bertz CT molecular complexity index is 720. The van der Waals surface area contributed by atoms with Crippen LogP contribution in [0.2, 0.25) is 0 Å². The van der Waals surface area contributed by atoms with Crippen molar-refractivity contribution in [3.63, 3.8) is 0 Å². The van der Waals surface area contributed by atoms with E-state index in [1.807, 2.05) is 0 Å². The van der Waals surface area contributed by atoms with Gasteiger partial charge in [0.05, 0.1) is 12.8 Å². The van der Waals surface area contributed by atoms with E-state index in [1.165, 1.54) is 7.11 Å². The SMILES string of the molecule is COC(=O)N(C(=O)C(=C=N)c1ccccc1)c1ccccc1. The number of imide groups is 1. The molecule has 0 radical (unpaired) electrons. The molecule has 22 heavy (non-hydrogen) atoms. The molecule has 0 bridgehead atoms. The Hall–Kier alpha value is -3.17. The molecule has 0 aliphatic carbocycles. The van der Waals surface area contributed by atoms with Crippen LogP contribution in [0.4, 0.5) is 10.5 Å². The quantitative estimate of drug-likeness (QED) is 0.698. The van der Waals surface area contributed by atoms with Crippen LogP contribution in [-0.4, -0.2) is 25.0 Å². The molecule has 0 aromatic heterocycles. The Morgan fingerprint density at radius 2 is 1.55 bits per heavy atom. The first kappa shape index (κ1) is 15.2. The molecular weight excluding hydrogens is 280 g/mol. The minimum absolute atomic E-state index is 0.0187. The number of carbonyl (C=O) groups excluding carboxylic acids is 2. The first-order valence-electron chi connectivity index (χ1n) is 6.51. The fourth-order valence-electron chi connectivity index (χ4n) is 1.94. The summed E-state index contributed by atoms with van der Waals surface area (Å²) in [6.45, 7) is 0. The molecule has 2 amide bonds. The second-order valence-electron chi connectivity index (χ2n) is 4.31. The van der Waals surface area contributed by atoms with Gasteiger partial charge in [-0.2, -0.15) is 0 Å². The van der Waals surface area contributed by atoms with Crippen LogP contribution in [0, 0.1) is 5.41 Å². The predicted molar refractivity (Wildman–Crippen MR) is 83.9 cm³/mol. The van der Waals surface area contributed by atoms with Crippen LogP contribution >= 0.6 is 0 Å². The number of ether oxygens (including phenoxy) is 1. The summed E-state index contributed by atoms with van der Waals surface area (Å²) in [6, 6.07) is 17.0. The van der Waals surface area contributed by atoms with E-state index in [1.54, 1.807) is 60.7 Å². The third-order valence-electron chi connectivity index (χ3n) is 2.98. The predicted octanol–water partition coefficient (Wildman–Crippen LogP) is 3.12. The summed E-state index contributed by atoms with van der Waals surface area (Å²) in [5.74, 6) is 1.45. The lowest BCUT2D eigenvalue weighted by Crippen LogP contribution is -2.37. The zero-order chi connectivity index (χ0) is 15.9. The van der Waals surface area contributed by atoms with E-state index in [2.05, 4.69) is 10.6 Å². The van der Waals surface area contributed by atoms with Gasteiger partial charge in [-0.15, -0.1) is 0 Å². The molecule has 0 heterocycles. The monoisotopic (exact) mass is 294 g/mol. The van der Waals surface area contributed by atoms with Crippen LogP contribution < -0.4 is 4.90 Å². The number of amides is 2. The number of nitrogens with zero attached hydrogens (tertiary/aromatic N) is 1. The van der Waals surface area contributed by atoms with Gasteiger partial charge in [0.1, 0.15) is 5.57 Å². The van der Waals surface area contributed by atoms with Crippen molar-refractivity contribution in [2.75, 3.05) is 12.0 Å². The zero-order valence-electron chi connectivity index (χ0n) is 11.9. The first-order chi connectivity index (χ1) is 10.7. The Balaban J connectivity index is 2.46. The molecule has 0 fully saturated rings. The van der Waals surface area contributed by atoms with Gasteiger partial charge in [0.2, 0.25) is 0 Å². The largest absolute Gasteiger partial charge is 0.452 e. The molecule has 110 valence electrons. The van der Waals surface area contributed by atoms with Crippen molar-refractivity contribution in [2.45, 2.75) is 0 Å². The third-order valence-corrected chi connectivity index (χ3v) is 2.98. The van der Waals surface area contributed by atoms with Crippen molar-refractivity contribution in [3.05, 3.63) is 66.2 Å². The van der Waals surface area contributed by atoms with Crippen molar-refractivity contribution in [1.29, 1.82) is 5.41 Å². The van der Waals surface area contributed by atoms with E-state index in [-0.39, 0.29) is 5.57 Å². The average Bonchev–Trinajstić information content (AvgIpc) is 2.57. The highest BCUT2D eigenvalue weighted by Crippen LogP contribution is 2.21. The van der Waals surface area contributed by atoms with Crippen LogP contribution in [-0.2, 0) is 9.53 Å². The van der Waals surface area contributed by atoms with Gasteiger partial charge in [-0.25, -0.2) is 9.69 Å². The lowest BCUT2D eigenvalue weighted by molar-refractivity contribution is -0.112. The van der Waals surface area contributed by atoms with E-state index in [0.717, 1.165) is 4.90 Å². The summed E-state index contributed by atoms with van der Waals surface area (Å²) in [5.41, 5.74) is 0.852. The van der Waals surface area contributed by atoms with E-state index >= 15 is 0 Å². The van der Waals surface area contributed by atoms with Crippen molar-refractivity contribution in [3.8, 4) is 0 Å². The molecule has 0 spiro atoms. The molecule has 5 heteroatoms. The maximum atomic E-state index is 12.7. The highest BCUT2D eigenvalue weighted by molar-refractivity contribution is 6.38. The van der Waals surface area contributed by atoms with Crippen LogP contribution in [0.25, 0.3) is 5.57 Å². The van der Waals surface area contributed by atoms with Gasteiger partial charge >= 0.3 is 6.09 Å². The molecule has 0 aliphatic rings. The van der Waals surface area contributed by atoms with Crippen LogP contribution in [0.5, 0.6) is 0 Å². The molecule has 0 atom stereocenters. The topological polar surface area (TPSA) is 70.5 Å². The number of methoxy groups -OCH3 is 1. The molecule has 0 aliphatic heterocycles. The molecule has 0 unspecified atom stereocenters. The van der Waals surface area contributed by atoms with E-state index in [9.17, 15) is 9.59 Å².